The van der Waals surface area contributed by atoms with Crippen LogP contribution in [0.5, 0.6) is 11.5 Å². The summed E-state index contributed by atoms with van der Waals surface area (Å²) in [6.07, 6.45) is 0. The third-order valence-corrected chi connectivity index (χ3v) is 2.65. The second-order valence-electron chi connectivity index (χ2n) is 4.00. The summed E-state index contributed by atoms with van der Waals surface area (Å²) in [6, 6.07) is 13.8. The van der Waals surface area contributed by atoms with Crippen LogP contribution in [-0.4, -0.2) is 4.92 Å². The molecule has 0 heterocycles. The monoisotopic (exact) mass is 269 g/mol. The number of benzene rings is 2. The molecule has 0 amide bonds. The van der Waals surface area contributed by atoms with E-state index in [2.05, 4.69) is 0 Å². The van der Waals surface area contributed by atoms with Crippen LogP contribution in [0.1, 0.15) is 11.6 Å². The molecule has 0 aliphatic heterocycles. The Balaban J connectivity index is 2.42. The summed E-state index contributed by atoms with van der Waals surface area (Å²) in [7, 11) is 0. The Hall–Kier alpha value is -2.91. The number of nitro benzene ring substituents is 1. The van der Waals surface area contributed by atoms with Crippen LogP contribution < -0.4 is 10.5 Å². The van der Waals surface area contributed by atoms with Crippen molar-refractivity contribution in [1.29, 1.82) is 5.26 Å². The molecule has 2 aromatic carbocycles. The Morgan fingerprint density at radius 3 is 2.55 bits per heavy atom. The highest BCUT2D eigenvalue weighted by Gasteiger charge is 2.17. The molecule has 20 heavy (non-hydrogen) atoms. The zero-order valence-corrected chi connectivity index (χ0v) is 10.4. The molecular weight excluding hydrogens is 258 g/mol. The Kier molecular flexibility index (Phi) is 3.93. The minimum Gasteiger partial charge on any atom is -0.457 e. The lowest BCUT2D eigenvalue weighted by Gasteiger charge is -2.12. The first-order chi connectivity index (χ1) is 9.61. The van der Waals surface area contributed by atoms with Crippen LogP contribution in [0.15, 0.2) is 48.5 Å². The maximum Gasteiger partial charge on any atom is 0.270 e. The summed E-state index contributed by atoms with van der Waals surface area (Å²) in [5.41, 5.74) is 5.80. The molecule has 0 aliphatic carbocycles. The SMILES string of the molecule is N#CC(N)c1cc([N+](=O)[O-])ccc1Oc1ccccc1. The van der Waals surface area contributed by atoms with Crippen molar-refractivity contribution in [3.8, 4) is 17.6 Å². The number of rotatable bonds is 4. The van der Waals surface area contributed by atoms with Crippen LogP contribution in [0.4, 0.5) is 5.69 Å². The largest absolute Gasteiger partial charge is 0.457 e. The van der Waals surface area contributed by atoms with Gasteiger partial charge >= 0.3 is 0 Å². The molecule has 2 aromatic rings. The van der Waals surface area contributed by atoms with Gasteiger partial charge < -0.3 is 10.5 Å². The van der Waals surface area contributed by atoms with Crippen molar-refractivity contribution < 1.29 is 9.66 Å². The number of nitriles is 1. The molecule has 0 aromatic heterocycles. The van der Waals surface area contributed by atoms with Gasteiger partial charge in [-0.05, 0) is 18.2 Å². The number of nitro groups is 1. The van der Waals surface area contributed by atoms with Crippen molar-refractivity contribution >= 4 is 5.69 Å². The van der Waals surface area contributed by atoms with Crippen LogP contribution in [-0.2, 0) is 0 Å². The molecule has 0 fully saturated rings. The number of nitrogens with zero attached hydrogens (tertiary/aromatic N) is 2. The van der Waals surface area contributed by atoms with Crippen LogP contribution in [0, 0.1) is 21.4 Å². The minimum atomic E-state index is -0.992. The van der Waals surface area contributed by atoms with Gasteiger partial charge in [-0.2, -0.15) is 5.26 Å². The quantitative estimate of drug-likeness (QED) is 0.679. The molecule has 0 aliphatic rings. The van der Waals surface area contributed by atoms with Gasteiger partial charge in [0.1, 0.15) is 17.5 Å². The van der Waals surface area contributed by atoms with E-state index in [1.54, 1.807) is 24.3 Å². The van der Waals surface area contributed by atoms with Gasteiger partial charge in [0.2, 0.25) is 0 Å². The number of para-hydroxylation sites is 1. The minimum absolute atomic E-state index is 0.133. The summed E-state index contributed by atoms with van der Waals surface area (Å²) in [5, 5.41) is 19.7. The summed E-state index contributed by atoms with van der Waals surface area (Å²) in [4.78, 5) is 10.2. The van der Waals surface area contributed by atoms with Crippen molar-refractivity contribution in [2.24, 2.45) is 5.73 Å². The van der Waals surface area contributed by atoms with Gasteiger partial charge in [-0.25, -0.2) is 0 Å². The van der Waals surface area contributed by atoms with E-state index in [-0.39, 0.29) is 11.3 Å². The highest BCUT2D eigenvalue weighted by atomic mass is 16.6. The van der Waals surface area contributed by atoms with E-state index >= 15 is 0 Å². The zero-order valence-electron chi connectivity index (χ0n) is 10.4. The van der Waals surface area contributed by atoms with E-state index in [1.165, 1.54) is 18.2 Å². The standard InChI is InChI=1S/C14H11N3O3/c15-9-13(16)12-8-10(17(18)19)6-7-14(12)20-11-4-2-1-3-5-11/h1-8,13H,16H2. The van der Waals surface area contributed by atoms with Crippen molar-refractivity contribution in [2.75, 3.05) is 0 Å². The maximum absolute atomic E-state index is 10.8. The van der Waals surface area contributed by atoms with Crippen LogP contribution in [0.2, 0.25) is 0 Å². The third-order valence-electron chi connectivity index (χ3n) is 2.65. The second kappa shape index (κ2) is 5.82. The molecule has 6 nitrogen and oxygen atoms in total. The molecular formula is C14H11N3O3. The van der Waals surface area contributed by atoms with Crippen LogP contribution >= 0.6 is 0 Å². The molecule has 1 unspecified atom stereocenters. The number of non-ortho nitro benzene ring substituents is 1. The highest BCUT2D eigenvalue weighted by Crippen LogP contribution is 2.31. The molecule has 6 heteroatoms. The van der Waals surface area contributed by atoms with E-state index < -0.39 is 11.0 Å². The van der Waals surface area contributed by atoms with E-state index in [9.17, 15) is 10.1 Å². The van der Waals surface area contributed by atoms with Gasteiger partial charge in [0.15, 0.2) is 0 Å². The highest BCUT2D eigenvalue weighted by molar-refractivity contribution is 5.48. The molecule has 0 radical (unpaired) electrons. The molecule has 0 bridgehead atoms. The molecule has 1 atom stereocenters. The molecule has 0 saturated carbocycles. The predicted octanol–water partition coefficient (Wildman–Crippen LogP) is 2.91. The molecule has 100 valence electrons. The summed E-state index contributed by atoms with van der Waals surface area (Å²) in [6.45, 7) is 0. The fraction of sp³-hybridized carbons (Fsp3) is 0.0714. The lowest BCUT2D eigenvalue weighted by Crippen LogP contribution is -2.09. The fourth-order valence-corrected chi connectivity index (χ4v) is 1.67. The summed E-state index contributed by atoms with van der Waals surface area (Å²) in [5.74, 6) is 0.892. The number of hydrogen-bond donors (Lipinski definition) is 1. The van der Waals surface area contributed by atoms with Crippen LogP contribution in [0.3, 0.4) is 0 Å². The average Bonchev–Trinajstić information content (AvgIpc) is 2.47. The molecule has 2 rings (SSSR count). The van der Waals surface area contributed by atoms with Crippen molar-refractivity contribution in [1.82, 2.24) is 0 Å². The lowest BCUT2D eigenvalue weighted by molar-refractivity contribution is -0.384. The van der Waals surface area contributed by atoms with E-state index in [4.69, 9.17) is 15.7 Å². The van der Waals surface area contributed by atoms with Gasteiger partial charge in [0.25, 0.3) is 5.69 Å². The molecule has 0 saturated heterocycles. The zero-order chi connectivity index (χ0) is 14.5. The van der Waals surface area contributed by atoms with Crippen molar-refractivity contribution in [3.05, 3.63) is 64.2 Å². The second-order valence-corrected chi connectivity index (χ2v) is 4.00. The number of ether oxygens (including phenoxy) is 1. The molecule has 2 N–H and O–H groups in total. The van der Waals surface area contributed by atoms with Gasteiger partial charge in [-0.3, -0.25) is 10.1 Å². The van der Waals surface area contributed by atoms with Gasteiger partial charge in [-0.1, -0.05) is 18.2 Å². The van der Waals surface area contributed by atoms with Crippen molar-refractivity contribution in [3.63, 3.8) is 0 Å². The third kappa shape index (κ3) is 2.91. The fourth-order valence-electron chi connectivity index (χ4n) is 1.67. The first-order valence-corrected chi connectivity index (χ1v) is 5.78. The number of nitrogens with two attached hydrogens (primary N) is 1. The topological polar surface area (TPSA) is 102 Å². The Labute approximate surface area is 115 Å². The smallest absolute Gasteiger partial charge is 0.270 e. The predicted molar refractivity (Wildman–Crippen MR) is 72.2 cm³/mol. The van der Waals surface area contributed by atoms with Crippen LogP contribution in [0.25, 0.3) is 0 Å². The van der Waals surface area contributed by atoms with E-state index in [0.717, 1.165) is 0 Å². The normalized spacial score (nSPS) is 11.4. The Morgan fingerprint density at radius 1 is 1.25 bits per heavy atom. The van der Waals surface area contributed by atoms with Gasteiger partial charge in [-0.15, -0.1) is 0 Å². The van der Waals surface area contributed by atoms with Gasteiger partial charge in [0, 0.05) is 17.7 Å². The van der Waals surface area contributed by atoms with Gasteiger partial charge in [0.05, 0.1) is 11.0 Å². The Bertz CT molecular complexity index is 665. The first-order valence-electron chi connectivity index (χ1n) is 5.78. The van der Waals surface area contributed by atoms with Crippen molar-refractivity contribution in [2.45, 2.75) is 6.04 Å². The lowest BCUT2D eigenvalue weighted by atomic mass is 10.1. The summed E-state index contributed by atoms with van der Waals surface area (Å²) >= 11 is 0. The number of hydrogen-bond acceptors (Lipinski definition) is 5. The first kappa shape index (κ1) is 13.5. The summed E-state index contributed by atoms with van der Waals surface area (Å²) < 4.78 is 5.61. The maximum atomic E-state index is 10.8. The van der Waals surface area contributed by atoms with E-state index in [1.807, 2.05) is 12.1 Å². The average molecular weight is 269 g/mol. The van der Waals surface area contributed by atoms with E-state index in [0.29, 0.717) is 11.5 Å². The Morgan fingerprint density at radius 2 is 1.95 bits per heavy atom. The molecule has 0 spiro atoms.